The summed E-state index contributed by atoms with van der Waals surface area (Å²) in [4.78, 5) is 31.3. The van der Waals surface area contributed by atoms with Gasteiger partial charge in [-0.2, -0.15) is 0 Å². The number of thioether (sulfide) groups is 1. The van der Waals surface area contributed by atoms with E-state index in [1.54, 1.807) is 36.2 Å². The first-order chi connectivity index (χ1) is 15.8. The zero-order valence-electron chi connectivity index (χ0n) is 19.2. The van der Waals surface area contributed by atoms with Gasteiger partial charge < -0.3 is 9.30 Å². The minimum Gasteiger partial charge on any atom is -0.465 e. The van der Waals surface area contributed by atoms with Crippen molar-refractivity contribution in [3.05, 3.63) is 87.6 Å². The second kappa shape index (κ2) is 9.11. The van der Waals surface area contributed by atoms with E-state index in [-0.39, 0.29) is 5.91 Å². The molecule has 4 rings (SSSR count). The van der Waals surface area contributed by atoms with Crippen LogP contribution in [-0.2, 0) is 9.53 Å². The number of aryl methyl sites for hydroxylation is 2. The molecule has 1 aromatic heterocycles. The Morgan fingerprint density at radius 2 is 1.79 bits per heavy atom. The molecule has 33 heavy (non-hydrogen) atoms. The molecular weight excluding hydrogens is 434 g/mol. The van der Waals surface area contributed by atoms with Gasteiger partial charge in [0.05, 0.1) is 23.3 Å². The Labute approximate surface area is 197 Å². The summed E-state index contributed by atoms with van der Waals surface area (Å²) < 4.78 is 6.92. The molecule has 168 valence electrons. The summed E-state index contributed by atoms with van der Waals surface area (Å²) in [6.07, 6.45) is 1.93. The first-order valence-corrected chi connectivity index (χ1v) is 11.3. The van der Waals surface area contributed by atoms with E-state index in [1.807, 2.05) is 12.1 Å². The highest BCUT2D eigenvalue weighted by Crippen LogP contribution is 2.34. The number of carbonyl (C=O) groups is 2. The molecule has 0 saturated carbocycles. The average Bonchev–Trinajstić information content (AvgIpc) is 3.23. The molecule has 1 aliphatic rings. The molecule has 6 nitrogen and oxygen atoms in total. The molecule has 0 spiro atoms. The number of hydrogen-bond donors (Lipinski definition) is 0. The third-order valence-corrected chi connectivity index (χ3v) is 6.59. The number of aliphatic imine (C=N–C) groups is 1. The van der Waals surface area contributed by atoms with E-state index in [1.165, 1.54) is 24.4 Å². The van der Waals surface area contributed by atoms with Gasteiger partial charge in [0.2, 0.25) is 0 Å². The van der Waals surface area contributed by atoms with E-state index in [2.05, 4.69) is 54.6 Å². The maximum Gasteiger partial charge on any atom is 0.337 e. The molecule has 0 bridgehead atoms. The van der Waals surface area contributed by atoms with Gasteiger partial charge in [0.1, 0.15) is 0 Å². The van der Waals surface area contributed by atoms with Gasteiger partial charge in [-0.05, 0) is 92.2 Å². The summed E-state index contributed by atoms with van der Waals surface area (Å²) in [5, 5.41) is 0.588. The summed E-state index contributed by atoms with van der Waals surface area (Å²) in [5.74, 6) is -0.490. The first-order valence-electron chi connectivity index (χ1n) is 10.5. The summed E-state index contributed by atoms with van der Waals surface area (Å²) in [5.41, 5.74) is 6.59. The summed E-state index contributed by atoms with van der Waals surface area (Å²) in [6, 6.07) is 17.2. The van der Waals surface area contributed by atoms with E-state index >= 15 is 0 Å². The molecule has 7 heteroatoms. The highest BCUT2D eigenvalue weighted by molar-refractivity contribution is 8.18. The normalized spacial score (nSPS) is 16.2. The molecule has 1 amide bonds. The van der Waals surface area contributed by atoms with Gasteiger partial charge in [-0.15, -0.1) is 0 Å². The molecule has 0 atom stereocenters. The Kier molecular flexibility index (Phi) is 6.24. The van der Waals surface area contributed by atoms with Crippen LogP contribution in [0.2, 0.25) is 0 Å². The smallest absolute Gasteiger partial charge is 0.337 e. The van der Waals surface area contributed by atoms with Crippen molar-refractivity contribution >= 4 is 40.6 Å². The number of likely N-dealkylation sites (N-methyl/N-ethyl adjacent to an activating group) is 1. The standard InChI is InChI=1S/C26H25N3O3S/c1-16-7-6-8-22(13-16)29-17(2)14-20(18(29)3)15-23-24(30)28(4)26(33-23)27-21-11-9-19(10-12-21)25(31)32-5/h6-15H,1-5H3/b23-15-,27-26?. The van der Waals surface area contributed by atoms with Gasteiger partial charge >= 0.3 is 5.97 Å². The zero-order valence-corrected chi connectivity index (χ0v) is 20.1. The van der Waals surface area contributed by atoms with Crippen LogP contribution in [0.15, 0.2) is 64.5 Å². The second-order valence-corrected chi connectivity index (χ2v) is 8.92. The molecule has 0 aliphatic carbocycles. The van der Waals surface area contributed by atoms with Gasteiger partial charge in [0, 0.05) is 24.1 Å². The summed E-state index contributed by atoms with van der Waals surface area (Å²) in [7, 11) is 3.06. The van der Waals surface area contributed by atoms with Crippen LogP contribution in [0, 0.1) is 20.8 Å². The minimum absolute atomic E-state index is 0.0923. The molecular formula is C26H25N3O3S. The van der Waals surface area contributed by atoms with Crippen LogP contribution < -0.4 is 0 Å². The Balaban J connectivity index is 1.63. The summed E-state index contributed by atoms with van der Waals surface area (Å²) in [6.45, 7) is 6.21. The predicted molar refractivity (Wildman–Crippen MR) is 133 cm³/mol. The number of methoxy groups -OCH3 is 1. The van der Waals surface area contributed by atoms with E-state index < -0.39 is 5.97 Å². The highest BCUT2D eigenvalue weighted by atomic mass is 32.2. The molecule has 2 aromatic carbocycles. The van der Waals surface area contributed by atoms with Gasteiger partial charge in [-0.25, -0.2) is 9.79 Å². The Hall–Kier alpha value is -3.58. The number of nitrogens with zero attached hydrogens (tertiary/aromatic N) is 3. The van der Waals surface area contributed by atoms with Crippen molar-refractivity contribution in [3.8, 4) is 5.69 Å². The monoisotopic (exact) mass is 459 g/mol. The number of esters is 1. The lowest BCUT2D eigenvalue weighted by Crippen LogP contribution is -2.23. The van der Waals surface area contributed by atoms with Crippen LogP contribution in [0.3, 0.4) is 0 Å². The molecule has 0 unspecified atom stereocenters. The topological polar surface area (TPSA) is 63.9 Å². The van der Waals surface area contributed by atoms with Gasteiger partial charge in [0.25, 0.3) is 5.91 Å². The number of ether oxygens (including phenoxy) is 1. The van der Waals surface area contributed by atoms with E-state index in [9.17, 15) is 9.59 Å². The van der Waals surface area contributed by atoms with Crippen LogP contribution in [-0.4, -0.2) is 40.7 Å². The van der Waals surface area contributed by atoms with Gasteiger partial charge in [-0.1, -0.05) is 12.1 Å². The van der Waals surface area contributed by atoms with Crippen LogP contribution in [0.1, 0.15) is 32.9 Å². The molecule has 2 heterocycles. The van der Waals surface area contributed by atoms with Crippen molar-refractivity contribution in [3.63, 3.8) is 0 Å². The second-order valence-electron chi connectivity index (χ2n) is 7.91. The Bertz CT molecular complexity index is 1300. The number of benzene rings is 2. The number of hydrogen-bond acceptors (Lipinski definition) is 5. The molecule has 0 N–H and O–H groups in total. The SMILES string of the molecule is COC(=O)c1ccc(N=C2S/C(=C\c3cc(C)n(-c4cccc(C)c4)c3C)C(=O)N2C)cc1. The maximum atomic E-state index is 12.9. The first kappa shape index (κ1) is 22.6. The molecule has 3 aromatic rings. The number of rotatable bonds is 4. The molecule has 1 aliphatic heterocycles. The molecule has 1 fully saturated rings. The van der Waals surface area contributed by atoms with Gasteiger partial charge in [-0.3, -0.25) is 9.69 Å². The van der Waals surface area contributed by atoms with E-state index in [0.717, 1.165) is 22.6 Å². The van der Waals surface area contributed by atoms with Crippen LogP contribution in [0.25, 0.3) is 11.8 Å². The molecule has 0 radical (unpaired) electrons. The van der Waals surface area contributed by atoms with Gasteiger partial charge in [0.15, 0.2) is 5.17 Å². The van der Waals surface area contributed by atoms with Crippen molar-refractivity contribution in [1.82, 2.24) is 9.47 Å². The average molecular weight is 460 g/mol. The number of carbonyl (C=O) groups excluding carboxylic acids is 2. The number of amides is 1. The van der Waals surface area contributed by atoms with E-state index in [4.69, 9.17) is 4.74 Å². The predicted octanol–water partition coefficient (Wildman–Crippen LogP) is 5.42. The van der Waals surface area contributed by atoms with Crippen molar-refractivity contribution < 1.29 is 14.3 Å². The highest BCUT2D eigenvalue weighted by Gasteiger charge is 2.30. The van der Waals surface area contributed by atoms with Crippen LogP contribution in [0.4, 0.5) is 5.69 Å². The Morgan fingerprint density at radius 1 is 1.06 bits per heavy atom. The quantitative estimate of drug-likeness (QED) is 0.386. The van der Waals surface area contributed by atoms with E-state index in [0.29, 0.717) is 21.3 Å². The fourth-order valence-corrected chi connectivity index (χ4v) is 4.77. The van der Waals surface area contributed by atoms with Crippen molar-refractivity contribution in [2.24, 2.45) is 4.99 Å². The third-order valence-electron chi connectivity index (χ3n) is 5.53. The fraction of sp³-hybridized carbons (Fsp3) is 0.192. The Morgan fingerprint density at radius 3 is 2.45 bits per heavy atom. The van der Waals surface area contributed by atoms with Crippen LogP contribution >= 0.6 is 11.8 Å². The zero-order chi connectivity index (χ0) is 23.7. The number of amidine groups is 1. The third kappa shape index (κ3) is 4.50. The molecule has 1 saturated heterocycles. The van der Waals surface area contributed by atoms with Crippen molar-refractivity contribution in [2.45, 2.75) is 20.8 Å². The minimum atomic E-state index is -0.398. The number of aromatic nitrogens is 1. The summed E-state index contributed by atoms with van der Waals surface area (Å²) >= 11 is 1.34. The lowest BCUT2D eigenvalue weighted by Gasteiger charge is -2.10. The lowest BCUT2D eigenvalue weighted by molar-refractivity contribution is -0.121. The fourth-order valence-electron chi connectivity index (χ4n) is 3.79. The van der Waals surface area contributed by atoms with Crippen molar-refractivity contribution in [2.75, 3.05) is 14.2 Å². The largest absolute Gasteiger partial charge is 0.465 e. The maximum absolute atomic E-state index is 12.9. The van der Waals surface area contributed by atoms with Crippen LogP contribution in [0.5, 0.6) is 0 Å². The van der Waals surface area contributed by atoms with Crippen molar-refractivity contribution in [1.29, 1.82) is 0 Å². The lowest BCUT2D eigenvalue weighted by atomic mass is 10.2.